The Balaban J connectivity index is 1.44. The molecular weight excluding hydrogens is 556 g/mol. The zero-order chi connectivity index (χ0) is 29.8. The van der Waals surface area contributed by atoms with Crippen LogP contribution in [0.4, 0.5) is 11.6 Å². The maximum atomic E-state index is 14.4. The van der Waals surface area contributed by atoms with Gasteiger partial charge >= 0.3 is 0 Å². The molecule has 0 aromatic carbocycles. The minimum Gasteiger partial charge on any atom is -0.489 e. The van der Waals surface area contributed by atoms with Crippen molar-refractivity contribution in [3.05, 3.63) is 41.4 Å². The van der Waals surface area contributed by atoms with Gasteiger partial charge in [0.25, 0.3) is 5.91 Å². The normalized spacial score (nSPS) is 24.6. The molecule has 0 radical (unpaired) electrons. The number of ether oxygens (including phenoxy) is 1. The van der Waals surface area contributed by atoms with Gasteiger partial charge in [-0.1, -0.05) is 24.2 Å². The minimum atomic E-state index is -0.329. The molecular formula is C30H39ClN8O3. The summed E-state index contributed by atoms with van der Waals surface area (Å²) in [7, 11) is 2.16. The van der Waals surface area contributed by atoms with Gasteiger partial charge < -0.3 is 30.1 Å². The van der Waals surface area contributed by atoms with Gasteiger partial charge in [0.2, 0.25) is 5.91 Å². The first kappa shape index (κ1) is 28.7. The number of nitrogens with two attached hydrogens (primary N) is 1. The van der Waals surface area contributed by atoms with Gasteiger partial charge in [-0.25, -0.2) is 9.97 Å². The Morgan fingerprint density at radius 3 is 2.60 bits per heavy atom. The van der Waals surface area contributed by atoms with E-state index in [4.69, 9.17) is 27.1 Å². The number of likely N-dealkylation sites (N-methyl/N-ethyl adjacent to an activating group) is 1. The van der Waals surface area contributed by atoms with Gasteiger partial charge in [0.15, 0.2) is 5.75 Å². The van der Waals surface area contributed by atoms with E-state index >= 15 is 0 Å². The highest BCUT2D eigenvalue weighted by Crippen LogP contribution is 2.46. The summed E-state index contributed by atoms with van der Waals surface area (Å²) in [4.78, 5) is 47.1. The maximum absolute atomic E-state index is 14.4. The average Bonchev–Trinajstić information content (AvgIpc) is 3.21. The number of piperazine rings is 2. The van der Waals surface area contributed by atoms with Crippen molar-refractivity contribution in [1.82, 2.24) is 29.6 Å². The predicted molar refractivity (Wildman–Crippen MR) is 163 cm³/mol. The van der Waals surface area contributed by atoms with Crippen LogP contribution >= 0.6 is 11.6 Å². The van der Waals surface area contributed by atoms with Gasteiger partial charge in [0.05, 0.1) is 11.7 Å². The fourth-order valence-electron chi connectivity index (χ4n) is 6.74. The number of carbonyl (C=O) groups is 2. The summed E-state index contributed by atoms with van der Waals surface area (Å²) >= 11 is 7.02. The average molecular weight is 595 g/mol. The second kappa shape index (κ2) is 11.0. The fraction of sp³-hybridized carbons (Fsp3) is 0.533. The molecule has 2 N–H and O–H groups in total. The number of aromatic nitrogens is 2. The Labute approximate surface area is 251 Å². The first-order chi connectivity index (χ1) is 20.1. The van der Waals surface area contributed by atoms with Crippen LogP contribution in [-0.2, 0) is 4.79 Å². The summed E-state index contributed by atoms with van der Waals surface area (Å²) in [6, 6.07) is 5.31. The second-order valence-corrected chi connectivity index (χ2v) is 12.7. The predicted octanol–water partition coefficient (Wildman–Crippen LogP) is 2.22. The standard InChI is InChI=1S/C30H39ClN8O3/c1-5-23(40)37-13-14-38-20(16-37)18-42-27-24(29(38)41)28(34-26(25(27)31)21-7-6-8-22(32)33-21)39-17-19(15-30(39,2)3)36-11-9-35(4)10-12-36/h5-8,19-20H,1,9-18H2,2-4H3,(H2,32,33)/t19?,20-/m1/s1. The van der Waals surface area contributed by atoms with Crippen LogP contribution in [0.1, 0.15) is 30.6 Å². The lowest BCUT2D eigenvalue weighted by molar-refractivity contribution is -0.128. The van der Waals surface area contributed by atoms with Crippen molar-refractivity contribution >= 4 is 35.1 Å². The number of halogens is 1. The van der Waals surface area contributed by atoms with Gasteiger partial charge in [-0.3, -0.25) is 14.5 Å². The van der Waals surface area contributed by atoms with E-state index < -0.39 is 0 Å². The second-order valence-electron chi connectivity index (χ2n) is 12.3. The van der Waals surface area contributed by atoms with Gasteiger partial charge in [0, 0.05) is 63.9 Å². The first-order valence-corrected chi connectivity index (χ1v) is 15.0. The summed E-state index contributed by atoms with van der Waals surface area (Å²) in [5.41, 5.74) is 7.05. The quantitative estimate of drug-likeness (QED) is 0.533. The highest BCUT2D eigenvalue weighted by atomic mass is 35.5. The van der Waals surface area contributed by atoms with Gasteiger partial charge in [-0.2, -0.15) is 0 Å². The zero-order valence-electron chi connectivity index (χ0n) is 24.6. The lowest BCUT2D eigenvalue weighted by Gasteiger charge is -2.40. The smallest absolute Gasteiger partial charge is 0.261 e. The van der Waals surface area contributed by atoms with E-state index in [1.807, 2.05) is 12.1 Å². The monoisotopic (exact) mass is 594 g/mol. The Morgan fingerprint density at radius 1 is 1.12 bits per heavy atom. The largest absolute Gasteiger partial charge is 0.489 e. The van der Waals surface area contributed by atoms with Gasteiger partial charge in [0.1, 0.15) is 34.5 Å². The Morgan fingerprint density at radius 2 is 1.88 bits per heavy atom. The van der Waals surface area contributed by atoms with E-state index in [1.165, 1.54) is 6.08 Å². The molecule has 6 heterocycles. The van der Waals surface area contributed by atoms with Crippen LogP contribution in [0.25, 0.3) is 11.4 Å². The third kappa shape index (κ3) is 5.07. The van der Waals surface area contributed by atoms with Gasteiger partial charge in [-0.15, -0.1) is 0 Å². The molecule has 2 atom stereocenters. The molecule has 11 nitrogen and oxygen atoms in total. The number of hydrogen-bond acceptors (Lipinski definition) is 9. The number of nitrogen functional groups attached to an aromatic ring is 1. The van der Waals surface area contributed by atoms with E-state index in [2.05, 4.69) is 47.2 Å². The Hall–Kier alpha value is -3.41. The van der Waals surface area contributed by atoms with Crippen molar-refractivity contribution in [1.29, 1.82) is 0 Å². The van der Waals surface area contributed by atoms with Crippen LogP contribution in [0.5, 0.6) is 5.75 Å². The number of anilines is 2. The summed E-state index contributed by atoms with van der Waals surface area (Å²) in [6.07, 6.45) is 2.24. The van der Waals surface area contributed by atoms with E-state index in [0.29, 0.717) is 60.0 Å². The van der Waals surface area contributed by atoms with E-state index in [0.717, 1.165) is 39.1 Å². The topological polar surface area (TPSA) is 111 Å². The molecule has 0 spiro atoms. The molecule has 0 aliphatic carbocycles. The van der Waals surface area contributed by atoms with Crippen LogP contribution in [0.2, 0.25) is 5.02 Å². The number of nitrogens with zero attached hydrogens (tertiary/aromatic N) is 7. The summed E-state index contributed by atoms with van der Waals surface area (Å²) < 4.78 is 6.40. The zero-order valence-corrected chi connectivity index (χ0v) is 25.3. The molecule has 42 heavy (non-hydrogen) atoms. The molecule has 2 aromatic heterocycles. The summed E-state index contributed by atoms with van der Waals surface area (Å²) in [5.74, 6) is 0.854. The molecule has 224 valence electrons. The number of fused-ring (bicyclic) bond motifs is 2. The number of carbonyl (C=O) groups excluding carboxylic acids is 2. The molecule has 3 saturated heterocycles. The number of pyridine rings is 2. The molecule has 3 fully saturated rings. The van der Waals surface area contributed by atoms with Crippen LogP contribution in [-0.4, -0.2) is 125 Å². The van der Waals surface area contributed by atoms with E-state index in [1.54, 1.807) is 15.9 Å². The Bertz CT molecular complexity index is 1410. The number of amides is 2. The van der Waals surface area contributed by atoms with Crippen molar-refractivity contribution in [3.63, 3.8) is 0 Å². The first-order valence-electron chi connectivity index (χ1n) is 14.6. The molecule has 4 aliphatic rings. The molecule has 12 heteroatoms. The third-order valence-corrected chi connectivity index (χ3v) is 9.47. The van der Waals surface area contributed by atoms with E-state index in [9.17, 15) is 9.59 Å². The molecule has 0 saturated carbocycles. The lowest BCUT2D eigenvalue weighted by atomic mass is 9.98. The summed E-state index contributed by atoms with van der Waals surface area (Å²) in [5, 5.41) is 0.228. The SMILES string of the molecule is C=CC(=O)N1CCN2C(=O)c3c(N4CC(N5CCN(C)CC5)CC4(C)C)nc(-c4cccc(N)n4)c(Cl)c3OC[C@H]2C1. The van der Waals surface area contributed by atoms with Crippen molar-refractivity contribution in [2.45, 2.75) is 37.9 Å². The van der Waals surface area contributed by atoms with Gasteiger partial charge in [-0.05, 0) is 45.5 Å². The van der Waals surface area contributed by atoms with E-state index in [-0.39, 0.29) is 35.0 Å². The number of hydrogen-bond donors (Lipinski definition) is 1. The van der Waals surface area contributed by atoms with Crippen molar-refractivity contribution in [2.24, 2.45) is 0 Å². The molecule has 0 bridgehead atoms. The highest BCUT2D eigenvalue weighted by Gasteiger charge is 2.46. The molecule has 6 rings (SSSR count). The van der Waals surface area contributed by atoms with Crippen LogP contribution in [0.3, 0.4) is 0 Å². The lowest BCUT2D eigenvalue weighted by Crippen LogP contribution is -2.57. The third-order valence-electron chi connectivity index (χ3n) is 9.12. The number of rotatable bonds is 4. The summed E-state index contributed by atoms with van der Waals surface area (Å²) in [6.45, 7) is 14.2. The van der Waals surface area contributed by atoms with Crippen LogP contribution in [0.15, 0.2) is 30.9 Å². The fourth-order valence-corrected chi connectivity index (χ4v) is 7.03. The molecule has 2 amide bonds. The Kier molecular flexibility index (Phi) is 7.53. The van der Waals surface area contributed by atoms with Crippen LogP contribution in [0, 0.1) is 0 Å². The maximum Gasteiger partial charge on any atom is 0.261 e. The molecule has 2 aromatic rings. The molecule has 4 aliphatic heterocycles. The van der Waals surface area contributed by atoms with Crippen molar-refractivity contribution in [3.8, 4) is 17.1 Å². The van der Waals surface area contributed by atoms with Crippen LogP contribution < -0.4 is 15.4 Å². The molecule has 1 unspecified atom stereocenters. The van der Waals surface area contributed by atoms with Crippen molar-refractivity contribution in [2.75, 3.05) is 76.6 Å². The highest BCUT2D eigenvalue weighted by molar-refractivity contribution is 6.35. The van der Waals surface area contributed by atoms with Crippen molar-refractivity contribution < 1.29 is 14.3 Å². The minimum absolute atomic E-state index is 0.159.